The highest BCUT2D eigenvalue weighted by Crippen LogP contribution is 2.01. The van der Waals surface area contributed by atoms with E-state index in [0.717, 1.165) is 5.56 Å². The van der Waals surface area contributed by atoms with E-state index in [1.165, 1.54) is 0 Å². The van der Waals surface area contributed by atoms with Gasteiger partial charge in [0, 0.05) is 0 Å². The molecule has 0 N–H and O–H groups in total. The maximum atomic E-state index is 5.68. The Labute approximate surface area is 104 Å². The smallest absolute Gasteiger partial charge is 0.166 e. The molecule has 1 heterocycles. The molecule has 0 radical (unpaired) electrons. The third-order valence-corrected chi connectivity index (χ3v) is 2.52. The summed E-state index contributed by atoms with van der Waals surface area (Å²) in [5.41, 5.74) is 1.15. The van der Waals surface area contributed by atoms with Crippen molar-refractivity contribution in [3.63, 3.8) is 0 Å². The van der Waals surface area contributed by atoms with Gasteiger partial charge in [0.05, 0.1) is 25.6 Å². The maximum Gasteiger partial charge on any atom is 0.166 e. The van der Waals surface area contributed by atoms with Crippen LogP contribution < -0.4 is 0 Å². The summed E-state index contributed by atoms with van der Waals surface area (Å²) in [6, 6.07) is 10.0. The number of alkyl halides is 1. The molecule has 17 heavy (non-hydrogen) atoms. The molecule has 0 saturated heterocycles. The second-order valence-corrected chi connectivity index (χ2v) is 3.76. The van der Waals surface area contributed by atoms with Crippen LogP contribution in [0.15, 0.2) is 30.3 Å². The number of hydrogen-bond donors (Lipinski definition) is 0. The molecule has 90 valence electrons. The molecule has 0 bridgehead atoms. The minimum Gasteiger partial charge on any atom is -0.375 e. The number of benzene rings is 1. The zero-order valence-electron chi connectivity index (χ0n) is 9.29. The van der Waals surface area contributed by atoms with E-state index in [4.69, 9.17) is 16.3 Å². The first kappa shape index (κ1) is 12.0. The zero-order valence-corrected chi connectivity index (χ0v) is 10.0. The number of ether oxygens (including phenoxy) is 1. The van der Waals surface area contributed by atoms with Gasteiger partial charge in [-0.05, 0) is 16.0 Å². The number of halogens is 1. The van der Waals surface area contributed by atoms with E-state index in [2.05, 4.69) is 15.5 Å². The van der Waals surface area contributed by atoms with Crippen LogP contribution in [-0.4, -0.2) is 26.8 Å². The van der Waals surface area contributed by atoms with Crippen molar-refractivity contribution < 1.29 is 4.74 Å². The molecule has 2 aromatic rings. The van der Waals surface area contributed by atoms with Crippen LogP contribution in [0.25, 0.3) is 0 Å². The highest BCUT2D eigenvalue weighted by Gasteiger charge is 2.03. The van der Waals surface area contributed by atoms with Crippen LogP contribution in [0.1, 0.15) is 11.4 Å². The molecule has 6 heteroatoms. The Morgan fingerprint density at radius 1 is 1.24 bits per heavy atom. The summed E-state index contributed by atoms with van der Waals surface area (Å²) in [4.78, 5) is 0. The van der Waals surface area contributed by atoms with Crippen molar-refractivity contribution in [2.45, 2.75) is 19.0 Å². The SMILES string of the molecule is ClCc1nnnn1CCOCc1ccccc1. The molecule has 0 spiro atoms. The number of tetrazole rings is 1. The lowest BCUT2D eigenvalue weighted by molar-refractivity contribution is 0.110. The predicted molar refractivity (Wildman–Crippen MR) is 63.5 cm³/mol. The lowest BCUT2D eigenvalue weighted by Gasteiger charge is -2.05. The summed E-state index contributed by atoms with van der Waals surface area (Å²) in [6.45, 7) is 1.77. The van der Waals surface area contributed by atoms with Crippen LogP contribution in [0.2, 0.25) is 0 Å². The van der Waals surface area contributed by atoms with Gasteiger partial charge in [-0.3, -0.25) is 0 Å². The summed E-state index contributed by atoms with van der Waals surface area (Å²) >= 11 is 5.68. The van der Waals surface area contributed by atoms with Crippen molar-refractivity contribution in [1.82, 2.24) is 20.2 Å². The molecule has 0 fully saturated rings. The first-order chi connectivity index (χ1) is 8.40. The first-order valence-electron chi connectivity index (χ1n) is 5.33. The third kappa shape index (κ3) is 3.51. The number of aromatic nitrogens is 4. The zero-order chi connectivity index (χ0) is 11.9. The molecule has 1 aromatic heterocycles. The van der Waals surface area contributed by atoms with Crippen LogP contribution in [0.4, 0.5) is 0 Å². The van der Waals surface area contributed by atoms with Crippen molar-refractivity contribution in [1.29, 1.82) is 0 Å². The molecule has 0 saturated carbocycles. The molecule has 0 aliphatic heterocycles. The van der Waals surface area contributed by atoms with E-state index in [9.17, 15) is 0 Å². The molecule has 0 aliphatic carbocycles. The normalized spacial score (nSPS) is 10.6. The van der Waals surface area contributed by atoms with Crippen LogP contribution in [0.5, 0.6) is 0 Å². The van der Waals surface area contributed by atoms with E-state index in [0.29, 0.717) is 31.5 Å². The van der Waals surface area contributed by atoms with E-state index in [-0.39, 0.29) is 0 Å². The molecule has 0 atom stereocenters. The van der Waals surface area contributed by atoms with Gasteiger partial charge < -0.3 is 4.74 Å². The van der Waals surface area contributed by atoms with Crippen LogP contribution >= 0.6 is 11.6 Å². The quantitative estimate of drug-likeness (QED) is 0.579. The summed E-state index contributed by atoms with van der Waals surface area (Å²) in [5, 5.41) is 11.2. The van der Waals surface area contributed by atoms with Crippen molar-refractivity contribution in [3.05, 3.63) is 41.7 Å². The fourth-order valence-corrected chi connectivity index (χ4v) is 1.60. The fraction of sp³-hybridized carbons (Fsp3) is 0.364. The monoisotopic (exact) mass is 252 g/mol. The van der Waals surface area contributed by atoms with Crippen molar-refractivity contribution in [2.75, 3.05) is 6.61 Å². The minimum absolute atomic E-state index is 0.311. The Hall–Kier alpha value is -1.46. The highest BCUT2D eigenvalue weighted by atomic mass is 35.5. The van der Waals surface area contributed by atoms with E-state index in [1.54, 1.807) is 4.68 Å². The molecule has 0 unspecified atom stereocenters. The number of rotatable bonds is 6. The van der Waals surface area contributed by atoms with Gasteiger partial charge in [0.1, 0.15) is 0 Å². The van der Waals surface area contributed by atoms with Crippen molar-refractivity contribution >= 4 is 11.6 Å². The first-order valence-corrected chi connectivity index (χ1v) is 5.86. The Balaban J connectivity index is 1.73. The Morgan fingerprint density at radius 2 is 2.06 bits per heavy atom. The fourth-order valence-electron chi connectivity index (χ4n) is 1.41. The van der Waals surface area contributed by atoms with Crippen molar-refractivity contribution in [2.24, 2.45) is 0 Å². The van der Waals surface area contributed by atoms with Gasteiger partial charge in [0.15, 0.2) is 5.82 Å². The van der Waals surface area contributed by atoms with Crippen LogP contribution in [0, 0.1) is 0 Å². The van der Waals surface area contributed by atoms with Crippen LogP contribution in [0.3, 0.4) is 0 Å². The van der Waals surface area contributed by atoms with Crippen LogP contribution in [-0.2, 0) is 23.8 Å². The highest BCUT2D eigenvalue weighted by molar-refractivity contribution is 6.16. The Kier molecular flexibility index (Phi) is 4.46. The molecule has 0 amide bonds. The standard InChI is InChI=1S/C11H13ClN4O/c12-8-11-13-14-15-16(11)6-7-17-9-10-4-2-1-3-5-10/h1-5H,6-9H2. The van der Waals surface area contributed by atoms with E-state index >= 15 is 0 Å². The predicted octanol–water partition coefficient (Wildman–Crippen LogP) is 1.63. The van der Waals surface area contributed by atoms with Gasteiger partial charge in [-0.1, -0.05) is 30.3 Å². The molecule has 1 aromatic carbocycles. The van der Waals surface area contributed by atoms with Gasteiger partial charge in [0.2, 0.25) is 0 Å². The topological polar surface area (TPSA) is 52.8 Å². The molecule has 2 rings (SSSR count). The minimum atomic E-state index is 0.311. The Morgan fingerprint density at radius 3 is 2.82 bits per heavy atom. The van der Waals surface area contributed by atoms with E-state index < -0.39 is 0 Å². The van der Waals surface area contributed by atoms with Gasteiger partial charge in [-0.25, -0.2) is 4.68 Å². The molecular weight excluding hydrogens is 240 g/mol. The molecule has 0 aliphatic rings. The van der Waals surface area contributed by atoms with Gasteiger partial charge in [0.25, 0.3) is 0 Å². The third-order valence-electron chi connectivity index (χ3n) is 2.28. The lowest BCUT2D eigenvalue weighted by Crippen LogP contribution is -2.10. The summed E-state index contributed by atoms with van der Waals surface area (Å²) < 4.78 is 7.18. The average molecular weight is 253 g/mol. The average Bonchev–Trinajstić information content (AvgIpc) is 2.83. The lowest BCUT2D eigenvalue weighted by atomic mass is 10.2. The molecule has 5 nitrogen and oxygen atoms in total. The van der Waals surface area contributed by atoms with Crippen molar-refractivity contribution in [3.8, 4) is 0 Å². The largest absolute Gasteiger partial charge is 0.375 e. The number of nitrogens with zero attached hydrogens (tertiary/aromatic N) is 4. The Bertz CT molecular complexity index is 446. The van der Waals surface area contributed by atoms with Gasteiger partial charge in [-0.15, -0.1) is 16.7 Å². The van der Waals surface area contributed by atoms with Gasteiger partial charge >= 0.3 is 0 Å². The van der Waals surface area contributed by atoms with Gasteiger partial charge in [-0.2, -0.15) is 0 Å². The second-order valence-electron chi connectivity index (χ2n) is 3.49. The van der Waals surface area contributed by atoms with E-state index in [1.807, 2.05) is 30.3 Å². The second kappa shape index (κ2) is 6.32. The summed E-state index contributed by atoms with van der Waals surface area (Å²) in [7, 11) is 0. The maximum absolute atomic E-state index is 5.68. The number of hydrogen-bond acceptors (Lipinski definition) is 4. The molecular formula is C11H13ClN4O. The summed E-state index contributed by atoms with van der Waals surface area (Å²) in [5.74, 6) is 0.973. The summed E-state index contributed by atoms with van der Waals surface area (Å²) in [6.07, 6.45) is 0.